The van der Waals surface area contributed by atoms with Gasteiger partial charge in [-0.05, 0) is 48.7 Å². The van der Waals surface area contributed by atoms with Gasteiger partial charge in [-0.2, -0.15) is 18.4 Å². The van der Waals surface area contributed by atoms with Gasteiger partial charge in [0.2, 0.25) is 0 Å². The van der Waals surface area contributed by atoms with E-state index in [2.05, 4.69) is 0 Å². The Morgan fingerprint density at radius 1 is 1.13 bits per heavy atom. The molecule has 120 valence electrons. The summed E-state index contributed by atoms with van der Waals surface area (Å²) in [6, 6.07) is 11.6. The Balaban J connectivity index is 1.95. The molecule has 0 radical (unpaired) electrons. The average molecular weight is 321 g/mol. The maximum Gasteiger partial charge on any atom is 0.417 e. The minimum atomic E-state index is -4.59. The molecule has 0 fully saturated rings. The first-order valence-electron chi connectivity index (χ1n) is 6.92. The van der Waals surface area contributed by atoms with Crippen LogP contribution in [0.5, 0.6) is 11.5 Å². The molecular weight excluding hydrogens is 307 g/mol. The van der Waals surface area contributed by atoms with Gasteiger partial charge in [0, 0.05) is 0 Å². The van der Waals surface area contributed by atoms with Crippen LogP contribution in [0.2, 0.25) is 0 Å². The Bertz CT molecular complexity index is 721. The third kappa shape index (κ3) is 4.65. The molecule has 0 spiro atoms. The van der Waals surface area contributed by atoms with E-state index >= 15 is 0 Å². The number of aromatic hydroxyl groups is 1. The molecule has 23 heavy (non-hydrogen) atoms. The monoisotopic (exact) mass is 321 g/mol. The van der Waals surface area contributed by atoms with Gasteiger partial charge in [-0.1, -0.05) is 12.1 Å². The van der Waals surface area contributed by atoms with Crippen molar-refractivity contribution in [3.8, 4) is 17.6 Å². The van der Waals surface area contributed by atoms with Crippen LogP contribution in [0.4, 0.5) is 13.2 Å². The number of nitrogens with zero attached hydrogens (tertiary/aromatic N) is 1. The fraction of sp³-hybridized carbons (Fsp3) is 0.235. The summed E-state index contributed by atoms with van der Waals surface area (Å²) in [6.45, 7) is 0.235. The largest absolute Gasteiger partial charge is 0.508 e. The second-order valence-corrected chi connectivity index (χ2v) is 4.94. The molecule has 2 rings (SSSR count). The highest BCUT2D eigenvalue weighted by molar-refractivity contribution is 5.44. The molecule has 0 atom stereocenters. The summed E-state index contributed by atoms with van der Waals surface area (Å²) >= 11 is 0. The molecule has 6 heteroatoms. The second kappa shape index (κ2) is 7.05. The predicted molar refractivity (Wildman–Crippen MR) is 78.1 cm³/mol. The first kappa shape index (κ1) is 16.7. The summed E-state index contributed by atoms with van der Waals surface area (Å²) in [4.78, 5) is 0. The maximum atomic E-state index is 12.8. The van der Waals surface area contributed by atoms with Crippen LogP contribution in [-0.4, -0.2) is 11.7 Å². The highest BCUT2D eigenvalue weighted by atomic mass is 19.4. The number of hydrogen-bond acceptors (Lipinski definition) is 3. The van der Waals surface area contributed by atoms with Crippen molar-refractivity contribution in [3.63, 3.8) is 0 Å². The lowest BCUT2D eigenvalue weighted by atomic mass is 10.1. The molecule has 0 aliphatic carbocycles. The molecule has 0 saturated heterocycles. The van der Waals surface area contributed by atoms with Crippen LogP contribution >= 0.6 is 0 Å². The van der Waals surface area contributed by atoms with E-state index in [9.17, 15) is 18.3 Å². The number of halogens is 3. The molecule has 0 aliphatic rings. The number of ether oxygens (including phenoxy) is 1. The van der Waals surface area contributed by atoms with Crippen LogP contribution in [0, 0.1) is 11.3 Å². The number of phenols is 1. The fourth-order valence-corrected chi connectivity index (χ4v) is 2.12. The zero-order valence-electron chi connectivity index (χ0n) is 12.1. The van der Waals surface area contributed by atoms with Crippen LogP contribution in [-0.2, 0) is 12.6 Å². The second-order valence-electron chi connectivity index (χ2n) is 4.94. The van der Waals surface area contributed by atoms with Gasteiger partial charge in [-0.3, -0.25) is 0 Å². The normalized spacial score (nSPS) is 11.0. The van der Waals surface area contributed by atoms with E-state index in [4.69, 9.17) is 10.00 Å². The summed E-state index contributed by atoms with van der Waals surface area (Å²) in [6.07, 6.45) is -3.37. The SMILES string of the molecule is N#Cc1ccc(OCCCc2cccc(O)c2)cc1C(F)(F)F. The van der Waals surface area contributed by atoms with Crippen LogP contribution in [0.3, 0.4) is 0 Å². The molecule has 0 saturated carbocycles. The number of alkyl halides is 3. The van der Waals surface area contributed by atoms with Crippen molar-refractivity contribution < 1.29 is 23.0 Å². The van der Waals surface area contributed by atoms with Crippen LogP contribution in [0.1, 0.15) is 23.1 Å². The number of rotatable bonds is 5. The van der Waals surface area contributed by atoms with Gasteiger partial charge in [-0.25, -0.2) is 0 Å². The van der Waals surface area contributed by atoms with E-state index < -0.39 is 17.3 Å². The van der Waals surface area contributed by atoms with E-state index in [1.165, 1.54) is 12.1 Å². The summed E-state index contributed by atoms with van der Waals surface area (Å²) in [7, 11) is 0. The molecule has 0 bridgehead atoms. The zero-order chi connectivity index (χ0) is 16.9. The molecule has 1 N–H and O–H groups in total. The minimum Gasteiger partial charge on any atom is -0.508 e. The van der Waals surface area contributed by atoms with Crippen molar-refractivity contribution in [3.05, 3.63) is 59.2 Å². The van der Waals surface area contributed by atoms with Gasteiger partial charge in [0.05, 0.1) is 23.8 Å². The zero-order valence-corrected chi connectivity index (χ0v) is 12.1. The van der Waals surface area contributed by atoms with Crippen LogP contribution in [0.15, 0.2) is 42.5 Å². The van der Waals surface area contributed by atoms with Crippen molar-refractivity contribution in [2.75, 3.05) is 6.61 Å². The summed E-state index contributed by atoms with van der Waals surface area (Å²) < 4.78 is 43.8. The molecule has 0 amide bonds. The third-order valence-electron chi connectivity index (χ3n) is 3.21. The van der Waals surface area contributed by atoms with Gasteiger partial charge in [0.25, 0.3) is 0 Å². The number of benzene rings is 2. The van der Waals surface area contributed by atoms with E-state index in [0.717, 1.165) is 17.7 Å². The molecule has 0 heterocycles. The van der Waals surface area contributed by atoms with E-state index in [1.807, 2.05) is 6.07 Å². The fourth-order valence-electron chi connectivity index (χ4n) is 2.12. The Labute approximate surface area is 131 Å². The number of aryl methyl sites for hydroxylation is 1. The summed E-state index contributed by atoms with van der Waals surface area (Å²) in [5.41, 5.74) is -0.500. The molecule has 0 aliphatic heterocycles. The molecular formula is C17H14F3NO2. The Morgan fingerprint density at radius 2 is 1.91 bits per heavy atom. The molecule has 2 aromatic rings. The summed E-state index contributed by atoms with van der Waals surface area (Å²) in [5.74, 6) is 0.248. The molecule has 0 unspecified atom stereocenters. The lowest BCUT2D eigenvalue weighted by Gasteiger charge is -2.12. The standard InChI is InChI=1S/C17H14F3NO2/c18-17(19,20)16-10-15(7-6-13(16)11-21)23-8-2-4-12-3-1-5-14(22)9-12/h1,3,5-7,9-10,22H,2,4,8H2. The van der Waals surface area contributed by atoms with Gasteiger partial charge < -0.3 is 9.84 Å². The average Bonchev–Trinajstić information content (AvgIpc) is 2.50. The van der Waals surface area contributed by atoms with Gasteiger partial charge in [-0.15, -0.1) is 0 Å². The lowest BCUT2D eigenvalue weighted by Crippen LogP contribution is -2.08. The smallest absolute Gasteiger partial charge is 0.417 e. The maximum absolute atomic E-state index is 12.8. The Kier molecular flexibility index (Phi) is 5.12. The van der Waals surface area contributed by atoms with Crippen molar-refractivity contribution >= 4 is 0 Å². The molecule has 3 nitrogen and oxygen atoms in total. The van der Waals surface area contributed by atoms with Gasteiger partial charge in [0.1, 0.15) is 11.5 Å². The van der Waals surface area contributed by atoms with E-state index in [-0.39, 0.29) is 18.1 Å². The van der Waals surface area contributed by atoms with E-state index in [0.29, 0.717) is 12.8 Å². The third-order valence-corrected chi connectivity index (χ3v) is 3.21. The highest BCUT2D eigenvalue weighted by Crippen LogP contribution is 2.34. The van der Waals surface area contributed by atoms with E-state index in [1.54, 1.807) is 18.2 Å². The first-order valence-corrected chi connectivity index (χ1v) is 6.92. The first-order chi connectivity index (χ1) is 10.9. The number of nitriles is 1. The summed E-state index contributed by atoms with van der Waals surface area (Å²) in [5, 5.41) is 18.1. The Morgan fingerprint density at radius 3 is 2.57 bits per heavy atom. The minimum absolute atomic E-state index is 0.0761. The molecule has 2 aromatic carbocycles. The van der Waals surface area contributed by atoms with Crippen molar-refractivity contribution in [1.82, 2.24) is 0 Å². The van der Waals surface area contributed by atoms with Gasteiger partial charge in [0.15, 0.2) is 0 Å². The number of hydrogen-bond donors (Lipinski definition) is 1. The Hall–Kier alpha value is -2.68. The van der Waals surface area contributed by atoms with Crippen molar-refractivity contribution in [1.29, 1.82) is 5.26 Å². The number of phenolic OH excluding ortho intramolecular Hbond substituents is 1. The lowest BCUT2D eigenvalue weighted by molar-refractivity contribution is -0.137. The van der Waals surface area contributed by atoms with Crippen molar-refractivity contribution in [2.24, 2.45) is 0 Å². The topological polar surface area (TPSA) is 53.2 Å². The predicted octanol–water partition coefficient (Wildman–Crippen LogP) is 4.29. The van der Waals surface area contributed by atoms with Crippen molar-refractivity contribution in [2.45, 2.75) is 19.0 Å². The molecule has 0 aromatic heterocycles. The van der Waals surface area contributed by atoms with Gasteiger partial charge >= 0.3 is 6.18 Å². The van der Waals surface area contributed by atoms with Crippen LogP contribution < -0.4 is 4.74 Å². The quantitative estimate of drug-likeness (QED) is 0.836. The highest BCUT2D eigenvalue weighted by Gasteiger charge is 2.34. The van der Waals surface area contributed by atoms with Crippen LogP contribution in [0.25, 0.3) is 0 Å².